The molecular weight excluding hydrogens is 426 g/mol. The second kappa shape index (κ2) is 9.12. The van der Waals surface area contributed by atoms with E-state index in [2.05, 4.69) is 10.3 Å². The van der Waals surface area contributed by atoms with Crippen molar-refractivity contribution in [1.82, 2.24) is 15.2 Å². The van der Waals surface area contributed by atoms with Crippen LogP contribution in [0.4, 0.5) is 17.6 Å². The normalized spacial score (nSPS) is 14.0. The van der Waals surface area contributed by atoms with Crippen molar-refractivity contribution in [3.8, 4) is 0 Å². The first-order valence-electron chi connectivity index (χ1n) is 10.1. The molecule has 0 radical (unpaired) electrons. The molecule has 1 N–H and O–H groups in total. The molecular formula is C23H21F4N3O2. The Hall–Kier alpha value is -3.20. The van der Waals surface area contributed by atoms with Crippen molar-refractivity contribution in [3.63, 3.8) is 0 Å². The first-order valence-corrected chi connectivity index (χ1v) is 10.1. The number of carbonyl (C=O) groups excluding carboxylic acids is 1. The fourth-order valence-corrected chi connectivity index (χ4v) is 3.33. The molecule has 4 rings (SSSR count). The molecule has 0 aliphatic heterocycles. The van der Waals surface area contributed by atoms with E-state index in [-0.39, 0.29) is 43.2 Å². The van der Waals surface area contributed by atoms with Gasteiger partial charge in [-0.2, -0.15) is 13.2 Å². The summed E-state index contributed by atoms with van der Waals surface area (Å²) in [5.74, 6) is -0.483. The van der Waals surface area contributed by atoms with Crippen LogP contribution >= 0.6 is 0 Å². The highest BCUT2D eigenvalue weighted by Crippen LogP contribution is 2.30. The second-order valence-corrected chi connectivity index (χ2v) is 7.85. The molecule has 0 spiro atoms. The van der Waals surface area contributed by atoms with Crippen LogP contribution in [0.3, 0.4) is 0 Å². The summed E-state index contributed by atoms with van der Waals surface area (Å²) in [6.45, 7) is 0.524. The molecule has 168 valence electrons. The van der Waals surface area contributed by atoms with Gasteiger partial charge in [0, 0.05) is 19.1 Å². The summed E-state index contributed by atoms with van der Waals surface area (Å²) in [6, 6.07) is 11.2. The number of rotatable bonds is 8. The SMILES string of the molecule is O=C(NC1CC1)c1coc(CN(Cc2cccc(F)c2)Cc2cccc(C(F)(F)F)c2)n1. The van der Waals surface area contributed by atoms with Gasteiger partial charge in [-0.05, 0) is 42.2 Å². The monoisotopic (exact) mass is 447 g/mol. The molecule has 0 atom stereocenters. The standard InChI is InChI=1S/C23H21F4N3O2/c24-18-6-2-4-16(10-18)12-30(11-15-3-1-5-17(9-15)23(25,26)27)13-21-29-20(14-32-21)22(31)28-19-7-8-19/h1-6,9-10,14,19H,7-8,11-13H2,(H,28,31). The van der Waals surface area contributed by atoms with Gasteiger partial charge in [0.2, 0.25) is 5.89 Å². The summed E-state index contributed by atoms with van der Waals surface area (Å²) >= 11 is 0. The smallest absolute Gasteiger partial charge is 0.416 e. The van der Waals surface area contributed by atoms with Crippen molar-refractivity contribution in [2.24, 2.45) is 0 Å². The zero-order valence-corrected chi connectivity index (χ0v) is 17.0. The van der Waals surface area contributed by atoms with Crippen molar-refractivity contribution in [2.75, 3.05) is 0 Å². The van der Waals surface area contributed by atoms with Crippen LogP contribution in [0.25, 0.3) is 0 Å². The number of carbonyl (C=O) groups is 1. The molecule has 1 aliphatic carbocycles. The summed E-state index contributed by atoms with van der Waals surface area (Å²) < 4.78 is 58.4. The Bertz CT molecular complexity index is 1090. The number of nitrogens with one attached hydrogen (secondary N) is 1. The van der Waals surface area contributed by atoms with Crippen molar-refractivity contribution >= 4 is 5.91 Å². The number of nitrogens with zero attached hydrogens (tertiary/aromatic N) is 2. The molecule has 2 aromatic carbocycles. The molecule has 9 heteroatoms. The Balaban J connectivity index is 1.52. The van der Waals surface area contributed by atoms with E-state index in [1.165, 1.54) is 24.5 Å². The molecule has 1 fully saturated rings. The van der Waals surface area contributed by atoms with E-state index >= 15 is 0 Å². The first kappa shape index (κ1) is 22.0. The van der Waals surface area contributed by atoms with E-state index in [0.29, 0.717) is 11.1 Å². The molecule has 5 nitrogen and oxygen atoms in total. The minimum absolute atomic E-state index is 0.128. The largest absolute Gasteiger partial charge is 0.447 e. The van der Waals surface area contributed by atoms with E-state index in [0.717, 1.165) is 25.0 Å². The summed E-state index contributed by atoms with van der Waals surface area (Å²) in [5, 5.41) is 2.82. The van der Waals surface area contributed by atoms with E-state index < -0.39 is 17.6 Å². The molecule has 0 bridgehead atoms. The average molecular weight is 447 g/mol. The molecule has 1 aromatic heterocycles. The number of aromatic nitrogens is 1. The third-order valence-corrected chi connectivity index (χ3v) is 5.01. The van der Waals surface area contributed by atoms with Crippen molar-refractivity contribution in [3.05, 3.63) is 88.9 Å². The lowest BCUT2D eigenvalue weighted by molar-refractivity contribution is -0.137. The predicted molar refractivity (Wildman–Crippen MR) is 108 cm³/mol. The van der Waals surface area contributed by atoms with Gasteiger partial charge in [-0.3, -0.25) is 9.69 Å². The van der Waals surface area contributed by atoms with E-state index in [9.17, 15) is 22.4 Å². The van der Waals surface area contributed by atoms with Gasteiger partial charge in [-0.15, -0.1) is 0 Å². The van der Waals surface area contributed by atoms with E-state index in [1.54, 1.807) is 23.1 Å². The van der Waals surface area contributed by atoms with Crippen LogP contribution in [0.1, 0.15) is 45.9 Å². The maximum atomic E-state index is 13.6. The number of halogens is 4. The van der Waals surface area contributed by atoms with Gasteiger partial charge in [0.05, 0.1) is 12.1 Å². The highest BCUT2D eigenvalue weighted by Gasteiger charge is 2.30. The van der Waals surface area contributed by atoms with Crippen LogP contribution in [0.15, 0.2) is 59.2 Å². The Morgan fingerprint density at radius 2 is 1.75 bits per heavy atom. The third-order valence-electron chi connectivity index (χ3n) is 5.01. The quantitative estimate of drug-likeness (QED) is 0.498. The number of amides is 1. The molecule has 1 saturated carbocycles. The van der Waals surface area contributed by atoms with Crippen LogP contribution in [0.2, 0.25) is 0 Å². The van der Waals surface area contributed by atoms with Gasteiger partial charge < -0.3 is 9.73 Å². The molecule has 1 amide bonds. The predicted octanol–water partition coefficient (Wildman–Crippen LogP) is 4.93. The van der Waals surface area contributed by atoms with Crippen LogP contribution in [0.5, 0.6) is 0 Å². The lowest BCUT2D eigenvalue weighted by atomic mass is 10.1. The minimum atomic E-state index is -4.45. The summed E-state index contributed by atoms with van der Waals surface area (Å²) in [5.41, 5.74) is 0.497. The Labute approximate surface area is 182 Å². The maximum absolute atomic E-state index is 13.6. The Morgan fingerprint density at radius 3 is 2.41 bits per heavy atom. The zero-order valence-electron chi connectivity index (χ0n) is 17.0. The molecule has 1 aliphatic rings. The summed E-state index contributed by atoms with van der Waals surface area (Å²) in [6.07, 6.45) is -1.31. The van der Waals surface area contributed by atoms with Crippen molar-refractivity contribution < 1.29 is 26.8 Å². The topological polar surface area (TPSA) is 58.4 Å². The zero-order chi connectivity index (χ0) is 22.7. The minimum Gasteiger partial charge on any atom is -0.447 e. The van der Waals surface area contributed by atoms with Crippen molar-refractivity contribution in [2.45, 2.75) is 44.7 Å². The van der Waals surface area contributed by atoms with Gasteiger partial charge in [0.25, 0.3) is 5.91 Å². The molecule has 0 unspecified atom stereocenters. The fraction of sp³-hybridized carbons (Fsp3) is 0.304. The average Bonchev–Trinajstić information content (AvgIpc) is 3.42. The van der Waals surface area contributed by atoms with Crippen LogP contribution in [0, 0.1) is 5.82 Å². The van der Waals surface area contributed by atoms with Crippen LogP contribution in [-0.4, -0.2) is 21.8 Å². The van der Waals surface area contributed by atoms with Gasteiger partial charge in [0.15, 0.2) is 5.69 Å². The van der Waals surface area contributed by atoms with E-state index in [4.69, 9.17) is 4.42 Å². The van der Waals surface area contributed by atoms with Gasteiger partial charge in [-0.25, -0.2) is 9.37 Å². The second-order valence-electron chi connectivity index (χ2n) is 7.85. The highest BCUT2D eigenvalue weighted by atomic mass is 19.4. The number of benzene rings is 2. The lowest BCUT2D eigenvalue weighted by Gasteiger charge is -2.21. The van der Waals surface area contributed by atoms with Gasteiger partial charge >= 0.3 is 6.18 Å². The Kier molecular flexibility index (Phi) is 6.27. The lowest BCUT2D eigenvalue weighted by Crippen LogP contribution is -2.26. The fourth-order valence-electron chi connectivity index (χ4n) is 3.33. The van der Waals surface area contributed by atoms with Gasteiger partial charge in [0.1, 0.15) is 12.1 Å². The molecule has 32 heavy (non-hydrogen) atoms. The highest BCUT2D eigenvalue weighted by molar-refractivity contribution is 5.92. The van der Waals surface area contributed by atoms with Crippen LogP contribution in [-0.2, 0) is 25.8 Å². The molecule has 3 aromatic rings. The van der Waals surface area contributed by atoms with E-state index in [1.807, 2.05) is 0 Å². The maximum Gasteiger partial charge on any atom is 0.416 e. The number of hydrogen-bond donors (Lipinski definition) is 1. The molecule has 1 heterocycles. The van der Waals surface area contributed by atoms with Crippen LogP contribution < -0.4 is 5.32 Å². The number of alkyl halides is 3. The summed E-state index contributed by atoms with van der Waals surface area (Å²) in [7, 11) is 0. The summed E-state index contributed by atoms with van der Waals surface area (Å²) in [4.78, 5) is 18.1. The Morgan fingerprint density at radius 1 is 1.06 bits per heavy atom. The molecule has 0 saturated heterocycles. The van der Waals surface area contributed by atoms with Crippen molar-refractivity contribution in [1.29, 1.82) is 0 Å². The van der Waals surface area contributed by atoms with Gasteiger partial charge in [-0.1, -0.05) is 30.3 Å². The third kappa shape index (κ3) is 5.94. The number of oxazole rings is 1. The first-order chi connectivity index (χ1) is 15.3. The number of hydrogen-bond acceptors (Lipinski definition) is 4.